The summed E-state index contributed by atoms with van der Waals surface area (Å²) in [7, 11) is 1.55. The minimum absolute atomic E-state index is 0.286. The quantitative estimate of drug-likeness (QED) is 0.809. The number of hydrogen-bond donors (Lipinski definition) is 1. The van der Waals surface area contributed by atoms with Crippen LogP contribution in [0.25, 0.3) is 0 Å². The Morgan fingerprint density at radius 2 is 2.00 bits per heavy atom. The lowest BCUT2D eigenvalue weighted by Gasteiger charge is -2.08. The molecule has 0 amide bonds. The van der Waals surface area contributed by atoms with Gasteiger partial charge < -0.3 is 14.5 Å². The molecule has 100 valence electrons. The lowest BCUT2D eigenvalue weighted by Crippen LogP contribution is -2.39. The molecule has 0 fully saturated rings. The van der Waals surface area contributed by atoms with Gasteiger partial charge in [0, 0.05) is 26.0 Å². The fourth-order valence-electron chi connectivity index (χ4n) is 1.74. The first-order chi connectivity index (χ1) is 9.11. The molecular formula is C13H16N4O2. The van der Waals surface area contributed by atoms with Gasteiger partial charge >= 0.3 is 11.1 Å². The van der Waals surface area contributed by atoms with Crippen molar-refractivity contribution in [3.63, 3.8) is 0 Å². The van der Waals surface area contributed by atoms with Crippen molar-refractivity contribution < 1.29 is 0 Å². The van der Waals surface area contributed by atoms with Gasteiger partial charge in [-0.05, 0) is 19.1 Å². The van der Waals surface area contributed by atoms with E-state index in [0.29, 0.717) is 0 Å². The van der Waals surface area contributed by atoms with Crippen LogP contribution in [-0.4, -0.2) is 20.7 Å². The fraction of sp³-hybridized carbons (Fsp3) is 0.308. The highest BCUT2D eigenvalue weighted by Gasteiger charge is 2.04. The van der Waals surface area contributed by atoms with Gasteiger partial charge in [-0.3, -0.25) is 9.59 Å². The van der Waals surface area contributed by atoms with Crippen LogP contribution in [0, 0.1) is 0 Å². The van der Waals surface area contributed by atoms with E-state index in [-0.39, 0.29) is 6.54 Å². The van der Waals surface area contributed by atoms with Crippen molar-refractivity contribution in [2.75, 3.05) is 11.9 Å². The second-order valence-electron chi connectivity index (χ2n) is 4.19. The Morgan fingerprint density at radius 3 is 2.74 bits per heavy atom. The fourth-order valence-corrected chi connectivity index (χ4v) is 1.74. The van der Waals surface area contributed by atoms with Gasteiger partial charge in [0.2, 0.25) is 0 Å². The number of nitrogens with zero attached hydrogens (tertiary/aromatic N) is 3. The third-order valence-electron chi connectivity index (χ3n) is 2.73. The van der Waals surface area contributed by atoms with E-state index < -0.39 is 11.1 Å². The summed E-state index contributed by atoms with van der Waals surface area (Å²) in [6.07, 6.45) is 3.16. The SMILES string of the molecule is CCNc1cccc(Cn2ccn(C)c(=O)c2=O)n1. The Kier molecular flexibility index (Phi) is 3.79. The molecule has 19 heavy (non-hydrogen) atoms. The van der Waals surface area contributed by atoms with Crippen molar-refractivity contribution in [2.45, 2.75) is 13.5 Å². The third kappa shape index (κ3) is 2.90. The topological polar surface area (TPSA) is 68.9 Å². The van der Waals surface area contributed by atoms with Crippen LogP contribution in [0.4, 0.5) is 5.82 Å². The molecule has 0 saturated carbocycles. The lowest BCUT2D eigenvalue weighted by molar-refractivity contribution is 0.685. The van der Waals surface area contributed by atoms with Crippen molar-refractivity contribution >= 4 is 5.82 Å². The normalized spacial score (nSPS) is 10.4. The van der Waals surface area contributed by atoms with Gasteiger partial charge in [0.1, 0.15) is 5.82 Å². The molecule has 6 heteroatoms. The van der Waals surface area contributed by atoms with Crippen LogP contribution in [0.3, 0.4) is 0 Å². The number of hydrogen-bond acceptors (Lipinski definition) is 4. The molecule has 0 aliphatic rings. The van der Waals surface area contributed by atoms with Crippen LogP contribution in [0.15, 0.2) is 40.2 Å². The van der Waals surface area contributed by atoms with Crippen LogP contribution in [0.2, 0.25) is 0 Å². The largest absolute Gasteiger partial charge is 0.370 e. The molecule has 1 N–H and O–H groups in total. The third-order valence-corrected chi connectivity index (χ3v) is 2.73. The maximum atomic E-state index is 11.8. The van der Waals surface area contributed by atoms with Crippen molar-refractivity contribution in [1.82, 2.24) is 14.1 Å². The zero-order valence-electron chi connectivity index (χ0n) is 11.0. The minimum atomic E-state index is -0.541. The molecular weight excluding hydrogens is 244 g/mol. The van der Waals surface area contributed by atoms with Crippen molar-refractivity contribution in [3.8, 4) is 0 Å². The Hall–Kier alpha value is -2.37. The van der Waals surface area contributed by atoms with E-state index >= 15 is 0 Å². The first kappa shape index (κ1) is 13.1. The van der Waals surface area contributed by atoms with Gasteiger partial charge in [0.25, 0.3) is 0 Å². The number of nitrogens with one attached hydrogen (secondary N) is 1. The van der Waals surface area contributed by atoms with Gasteiger partial charge in [-0.1, -0.05) is 6.07 Å². The molecule has 2 aromatic heterocycles. The second kappa shape index (κ2) is 5.51. The summed E-state index contributed by atoms with van der Waals surface area (Å²) in [6.45, 7) is 3.05. The Bertz CT molecular complexity index is 688. The summed E-state index contributed by atoms with van der Waals surface area (Å²) in [5, 5.41) is 3.10. The van der Waals surface area contributed by atoms with Crippen LogP contribution in [0.1, 0.15) is 12.6 Å². The van der Waals surface area contributed by atoms with Crippen LogP contribution < -0.4 is 16.4 Å². The van der Waals surface area contributed by atoms with Crippen LogP contribution >= 0.6 is 0 Å². The summed E-state index contributed by atoms with van der Waals surface area (Å²) < 4.78 is 2.63. The van der Waals surface area contributed by atoms with E-state index in [9.17, 15) is 9.59 Å². The van der Waals surface area contributed by atoms with E-state index in [0.717, 1.165) is 18.1 Å². The molecule has 2 rings (SSSR count). The highest BCUT2D eigenvalue weighted by atomic mass is 16.2. The molecule has 0 bridgehead atoms. The lowest BCUT2D eigenvalue weighted by atomic mass is 10.3. The molecule has 6 nitrogen and oxygen atoms in total. The zero-order valence-corrected chi connectivity index (χ0v) is 11.0. The van der Waals surface area contributed by atoms with Crippen molar-refractivity contribution in [1.29, 1.82) is 0 Å². The Balaban J connectivity index is 2.31. The molecule has 0 aliphatic carbocycles. The minimum Gasteiger partial charge on any atom is -0.370 e. The van der Waals surface area contributed by atoms with E-state index in [1.807, 2.05) is 25.1 Å². The molecule has 0 radical (unpaired) electrons. The number of aryl methyl sites for hydroxylation is 1. The molecule has 0 aromatic carbocycles. The zero-order chi connectivity index (χ0) is 13.8. The molecule has 0 spiro atoms. The molecule has 0 atom stereocenters. The number of anilines is 1. The van der Waals surface area contributed by atoms with Gasteiger partial charge in [-0.2, -0.15) is 0 Å². The van der Waals surface area contributed by atoms with E-state index in [2.05, 4.69) is 10.3 Å². The Labute approximate surface area is 110 Å². The van der Waals surface area contributed by atoms with E-state index in [4.69, 9.17) is 0 Å². The maximum Gasteiger partial charge on any atom is 0.316 e. The van der Waals surface area contributed by atoms with Crippen LogP contribution in [-0.2, 0) is 13.6 Å². The van der Waals surface area contributed by atoms with Gasteiger partial charge in [0.05, 0.1) is 12.2 Å². The van der Waals surface area contributed by atoms with Crippen molar-refractivity contribution in [3.05, 3.63) is 57.0 Å². The average Bonchev–Trinajstić information content (AvgIpc) is 2.40. The number of aromatic nitrogens is 3. The van der Waals surface area contributed by atoms with E-state index in [1.54, 1.807) is 19.4 Å². The highest BCUT2D eigenvalue weighted by molar-refractivity contribution is 5.35. The first-order valence-electron chi connectivity index (χ1n) is 6.07. The molecule has 2 aromatic rings. The Morgan fingerprint density at radius 1 is 1.21 bits per heavy atom. The number of rotatable bonds is 4. The monoisotopic (exact) mass is 260 g/mol. The second-order valence-corrected chi connectivity index (χ2v) is 4.19. The summed E-state index contributed by atoms with van der Waals surface area (Å²) in [5.41, 5.74) is -0.347. The average molecular weight is 260 g/mol. The standard InChI is InChI=1S/C13H16N4O2/c1-3-14-11-6-4-5-10(15-11)9-17-8-7-16(2)12(18)13(17)19/h4-8H,3,9H2,1-2H3,(H,14,15). The maximum absolute atomic E-state index is 11.8. The van der Waals surface area contributed by atoms with Crippen LogP contribution in [0.5, 0.6) is 0 Å². The first-order valence-corrected chi connectivity index (χ1v) is 6.07. The van der Waals surface area contributed by atoms with Crippen molar-refractivity contribution in [2.24, 2.45) is 7.05 Å². The summed E-state index contributed by atoms with van der Waals surface area (Å²) in [4.78, 5) is 27.7. The highest BCUT2D eigenvalue weighted by Crippen LogP contribution is 2.05. The van der Waals surface area contributed by atoms with Gasteiger partial charge in [0.15, 0.2) is 0 Å². The predicted molar refractivity (Wildman–Crippen MR) is 73.4 cm³/mol. The van der Waals surface area contributed by atoms with Gasteiger partial charge in [-0.15, -0.1) is 0 Å². The molecule has 0 unspecified atom stereocenters. The predicted octanol–water partition coefficient (Wildman–Crippen LogP) is 0.422. The summed E-state index contributed by atoms with van der Waals surface area (Å²) in [6, 6.07) is 5.55. The molecule has 0 saturated heterocycles. The summed E-state index contributed by atoms with van der Waals surface area (Å²) in [5.74, 6) is 0.761. The molecule has 2 heterocycles. The summed E-state index contributed by atoms with van der Waals surface area (Å²) >= 11 is 0. The molecule has 0 aliphatic heterocycles. The number of pyridine rings is 1. The van der Waals surface area contributed by atoms with Gasteiger partial charge in [-0.25, -0.2) is 4.98 Å². The van der Waals surface area contributed by atoms with E-state index in [1.165, 1.54) is 9.13 Å². The smallest absolute Gasteiger partial charge is 0.316 e.